The number of amides is 2. The highest BCUT2D eigenvalue weighted by Gasteiger charge is 2.29. The van der Waals surface area contributed by atoms with Gasteiger partial charge in [0.25, 0.3) is 11.8 Å². The molecule has 1 aromatic heterocycles. The van der Waals surface area contributed by atoms with Gasteiger partial charge in [0.2, 0.25) is 0 Å². The number of carbonyl (C=O) groups is 2. The fourth-order valence-corrected chi connectivity index (χ4v) is 3.13. The Balaban J connectivity index is 1.82. The minimum Gasteiger partial charge on any atom is -0.355 e. The van der Waals surface area contributed by atoms with E-state index in [1.165, 1.54) is 0 Å². The molecule has 130 valence electrons. The number of pyridine rings is 1. The van der Waals surface area contributed by atoms with E-state index in [0.29, 0.717) is 24.2 Å². The van der Waals surface area contributed by atoms with Gasteiger partial charge in [-0.2, -0.15) is 0 Å². The van der Waals surface area contributed by atoms with E-state index < -0.39 is 0 Å². The van der Waals surface area contributed by atoms with Crippen LogP contribution in [0.2, 0.25) is 0 Å². The highest BCUT2D eigenvalue weighted by atomic mass is 16.2. The van der Waals surface area contributed by atoms with E-state index in [4.69, 9.17) is 0 Å². The maximum absolute atomic E-state index is 12.7. The molecule has 2 aromatic rings. The molecule has 1 atom stereocenters. The minimum atomic E-state index is -0.106. The molecule has 1 aliphatic rings. The average molecular weight is 338 g/mol. The van der Waals surface area contributed by atoms with Crippen molar-refractivity contribution in [1.82, 2.24) is 20.1 Å². The lowest BCUT2D eigenvalue weighted by Crippen LogP contribution is -2.49. The lowest BCUT2D eigenvalue weighted by Gasteiger charge is -2.39. The average Bonchev–Trinajstić information content (AvgIpc) is 2.68. The molecule has 1 saturated heterocycles. The molecule has 6 heteroatoms. The summed E-state index contributed by atoms with van der Waals surface area (Å²) < 4.78 is 0. The van der Waals surface area contributed by atoms with Crippen LogP contribution in [-0.2, 0) is 0 Å². The third-order valence-electron chi connectivity index (χ3n) is 4.62. The van der Waals surface area contributed by atoms with Crippen LogP contribution in [0.5, 0.6) is 0 Å². The van der Waals surface area contributed by atoms with E-state index in [1.54, 1.807) is 37.6 Å². The van der Waals surface area contributed by atoms with Crippen LogP contribution in [0.25, 0.3) is 0 Å². The molecule has 0 unspecified atom stereocenters. The monoisotopic (exact) mass is 338 g/mol. The normalized spacial score (nSPS) is 18.0. The van der Waals surface area contributed by atoms with Crippen LogP contribution in [0, 0.1) is 0 Å². The highest BCUT2D eigenvalue weighted by molar-refractivity contribution is 5.94. The molecule has 0 aliphatic carbocycles. The first-order valence-corrected chi connectivity index (χ1v) is 8.31. The van der Waals surface area contributed by atoms with Crippen LogP contribution in [-0.4, -0.2) is 60.3 Å². The summed E-state index contributed by atoms with van der Waals surface area (Å²) in [5.74, 6) is -0.0898. The molecule has 2 heterocycles. The molecule has 1 fully saturated rings. The van der Waals surface area contributed by atoms with Gasteiger partial charge in [0.1, 0.15) is 0 Å². The number of benzene rings is 1. The third-order valence-corrected chi connectivity index (χ3v) is 4.62. The predicted octanol–water partition coefficient (Wildman–Crippen LogP) is 1.57. The van der Waals surface area contributed by atoms with Crippen LogP contribution >= 0.6 is 0 Å². The predicted molar refractivity (Wildman–Crippen MR) is 95.3 cm³/mol. The molecule has 1 aromatic carbocycles. The summed E-state index contributed by atoms with van der Waals surface area (Å²) in [5.41, 5.74) is 2.32. The van der Waals surface area contributed by atoms with E-state index in [0.717, 1.165) is 12.1 Å². The summed E-state index contributed by atoms with van der Waals surface area (Å²) >= 11 is 0. The minimum absolute atomic E-state index is 0.0166. The van der Waals surface area contributed by atoms with Crippen LogP contribution in [0.1, 0.15) is 32.3 Å². The fourth-order valence-electron chi connectivity index (χ4n) is 3.13. The van der Waals surface area contributed by atoms with Crippen molar-refractivity contribution in [3.8, 4) is 0 Å². The lowest BCUT2D eigenvalue weighted by molar-refractivity contribution is 0.0545. The Hall–Kier alpha value is -2.73. The van der Waals surface area contributed by atoms with Crippen molar-refractivity contribution in [2.24, 2.45) is 0 Å². The van der Waals surface area contributed by atoms with Gasteiger partial charge in [0, 0.05) is 50.2 Å². The zero-order valence-corrected chi connectivity index (χ0v) is 14.5. The quantitative estimate of drug-likeness (QED) is 0.923. The Bertz CT molecular complexity index is 763. The smallest absolute Gasteiger partial charge is 0.254 e. The fraction of sp³-hybridized carbons (Fsp3) is 0.316. The summed E-state index contributed by atoms with van der Waals surface area (Å²) in [6.07, 6.45) is 3.27. The number of rotatable bonds is 3. The Morgan fingerprint density at radius 3 is 2.60 bits per heavy atom. The van der Waals surface area contributed by atoms with Crippen LogP contribution in [0.4, 0.5) is 0 Å². The SMILES string of the molecule is CNC(=O)c1cccc([C@@H]2CN(C(=O)c3ccncc3)CCN2C)c1. The number of aromatic nitrogens is 1. The number of carbonyl (C=O) groups excluding carboxylic acids is 2. The maximum Gasteiger partial charge on any atom is 0.254 e. The Morgan fingerprint density at radius 2 is 1.88 bits per heavy atom. The summed E-state index contributed by atoms with van der Waals surface area (Å²) in [5, 5.41) is 2.65. The van der Waals surface area contributed by atoms with Crippen LogP contribution in [0.15, 0.2) is 48.8 Å². The van der Waals surface area contributed by atoms with Crippen molar-refractivity contribution in [3.05, 3.63) is 65.5 Å². The van der Waals surface area contributed by atoms with Gasteiger partial charge in [-0.15, -0.1) is 0 Å². The first-order valence-electron chi connectivity index (χ1n) is 8.31. The van der Waals surface area contributed by atoms with E-state index >= 15 is 0 Å². The molecular weight excluding hydrogens is 316 g/mol. The zero-order valence-electron chi connectivity index (χ0n) is 14.5. The second kappa shape index (κ2) is 7.44. The van der Waals surface area contributed by atoms with Gasteiger partial charge < -0.3 is 10.2 Å². The Morgan fingerprint density at radius 1 is 1.12 bits per heavy atom. The van der Waals surface area contributed by atoms with Crippen molar-refractivity contribution in [2.45, 2.75) is 6.04 Å². The van der Waals surface area contributed by atoms with Gasteiger partial charge in [-0.3, -0.25) is 19.5 Å². The van der Waals surface area contributed by atoms with Crippen molar-refractivity contribution < 1.29 is 9.59 Å². The molecular formula is C19H22N4O2. The Kier molecular flexibility index (Phi) is 5.09. The molecule has 0 bridgehead atoms. The molecule has 1 N–H and O–H groups in total. The molecule has 3 rings (SSSR count). The van der Waals surface area contributed by atoms with Gasteiger partial charge in [-0.25, -0.2) is 0 Å². The number of hydrogen-bond acceptors (Lipinski definition) is 4. The zero-order chi connectivity index (χ0) is 17.8. The largest absolute Gasteiger partial charge is 0.355 e. The standard InChI is InChI=1S/C19H22N4O2/c1-20-18(24)16-5-3-4-15(12-16)17-13-23(11-10-22(17)2)19(25)14-6-8-21-9-7-14/h3-9,12,17H,10-11,13H2,1-2H3,(H,20,24)/t17-/m0/s1. The van der Waals surface area contributed by atoms with Gasteiger partial charge >= 0.3 is 0 Å². The van der Waals surface area contributed by atoms with Crippen molar-refractivity contribution in [2.75, 3.05) is 33.7 Å². The molecule has 0 spiro atoms. The first-order chi connectivity index (χ1) is 12.1. The van der Waals surface area contributed by atoms with Crippen LogP contribution in [0.3, 0.4) is 0 Å². The summed E-state index contributed by atoms with van der Waals surface area (Å²) in [6.45, 7) is 2.06. The highest BCUT2D eigenvalue weighted by Crippen LogP contribution is 2.25. The maximum atomic E-state index is 12.7. The number of likely N-dealkylation sites (N-methyl/N-ethyl adjacent to an activating group) is 1. The van der Waals surface area contributed by atoms with Crippen molar-refractivity contribution in [3.63, 3.8) is 0 Å². The van der Waals surface area contributed by atoms with E-state index in [-0.39, 0.29) is 17.9 Å². The summed E-state index contributed by atoms with van der Waals surface area (Å²) in [7, 11) is 3.67. The number of nitrogens with one attached hydrogen (secondary N) is 1. The van der Waals surface area contributed by atoms with Crippen molar-refractivity contribution in [1.29, 1.82) is 0 Å². The molecule has 2 amide bonds. The summed E-state index contributed by atoms with van der Waals surface area (Å²) in [6, 6.07) is 11.1. The second-order valence-corrected chi connectivity index (χ2v) is 6.19. The van der Waals surface area contributed by atoms with Crippen LogP contribution < -0.4 is 5.32 Å². The molecule has 1 aliphatic heterocycles. The molecule has 25 heavy (non-hydrogen) atoms. The number of hydrogen-bond donors (Lipinski definition) is 1. The van der Waals surface area contributed by atoms with Gasteiger partial charge in [0.15, 0.2) is 0 Å². The Labute approximate surface area is 147 Å². The first kappa shape index (κ1) is 17.1. The van der Waals surface area contributed by atoms with E-state index in [2.05, 4.69) is 15.2 Å². The van der Waals surface area contributed by atoms with Crippen molar-refractivity contribution >= 4 is 11.8 Å². The second-order valence-electron chi connectivity index (χ2n) is 6.19. The van der Waals surface area contributed by atoms with Gasteiger partial charge in [-0.1, -0.05) is 12.1 Å². The van der Waals surface area contributed by atoms with E-state index in [9.17, 15) is 9.59 Å². The lowest BCUT2D eigenvalue weighted by atomic mass is 10.00. The number of nitrogens with zero attached hydrogens (tertiary/aromatic N) is 3. The van der Waals surface area contributed by atoms with Gasteiger partial charge in [-0.05, 0) is 36.9 Å². The molecule has 6 nitrogen and oxygen atoms in total. The molecule has 0 saturated carbocycles. The third kappa shape index (κ3) is 3.69. The topological polar surface area (TPSA) is 65.5 Å². The number of piperazine rings is 1. The van der Waals surface area contributed by atoms with Gasteiger partial charge in [0.05, 0.1) is 6.04 Å². The summed E-state index contributed by atoms with van der Waals surface area (Å²) in [4.78, 5) is 32.7. The van der Waals surface area contributed by atoms with E-state index in [1.807, 2.05) is 30.1 Å². The molecule has 0 radical (unpaired) electrons.